The molecular formula is C26H23F2N5O. The van der Waals surface area contributed by atoms with Crippen LogP contribution in [0.5, 0.6) is 0 Å². The Hall–Kier alpha value is -3.81. The highest BCUT2D eigenvalue weighted by Crippen LogP contribution is 2.30. The maximum absolute atomic E-state index is 13.8. The molecule has 2 aromatic heterocycles. The first-order valence-electron chi connectivity index (χ1n) is 11.6. The first kappa shape index (κ1) is 20.8. The van der Waals surface area contributed by atoms with Gasteiger partial charge in [-0.3, -0.25) is 4.79 Å². The fraction of sp³-hybridized carbons (Fsp3) is 0.269. The number of anilines is 1. The second-order valence-electron chi connectivity index (χ2n) is 8.85. The summed E-state index contributed by atoms with van der Waals surface area (Å²) in [5, 5.41) is 7.41. The van der Waals surface area contributed by atoms with Gasteiger partial charge in [0.05, 0.1) is 5.69 Å². The number of amides is 1. The molecule has 6 rings (SSSR count). The van der Waals surface area contributed by atoms with E-state index in [1.54, 1.807) is 4.68 Å². The lowest BCUT2D eigenvalue weighted by molar-refractivity contribution is 0.102. The second kappa shape index (κ2) is 8.20. The van der Waals surface area contributed by atoms with Crippen molar-refractivity contribution in [3.8, 4) is 17.1 Å². The summed E-state index contributed by atoms with van der Waals surface area (Å²) in [6.07, 6.45) is 7.72. The van der Waals surface area contributed by atoms with Crippen LogP contribution in [0.2, 0.25) is 0 Å². The Morgan fingerprint density at radius 2 is 1.79 bits per heavy atom. The lowest BCUT2D eigenvalue weighted by Gasteiger charge is -2.16. The van der Waals surface area contributed by atoms with Gasteiger partial charge < -0.3 is 9.88 Å². The summed E-state index contributed by atoms with van der Waals surface area (Å²) in [6.45, 7) is 0.981. The van der Waals surface area contributed by atoms with Crippen LogP contribution in [0.25, 0.3) is 17.1 Å². The van der Waals surface area contributed by atoms with Crippen LogP contribution in [0.1, 0.15) is 46.7 Å². The number of fused-ring (bicyclic) bond motifs is 2. The van der Waals surface area contributed by atoms with Crippen molar-refractivity contribution in [3.63, 3.8) is 0 Å². The van der Waals surface area contributed by atoms with Crippen molar-refractivity contribution in [3.05, 3.63) is 82.9 Å². The monoisotopic (exact) mass is 459 g/mol. The molecule has 2 aromatic carbocycles. The molecule has 0 fully saturated rings. The van der Waals surface area contributed by atoms with Gasteiger partial charge in [-0.15, -0.1) is 0 Å². The van der Waals surface area contributed by atoms with Gasteiger partial charge in [0.25, 0.3) is 5.91 Å². The highest BCUT2D eigenvalue weighted by molar-refractivity contribution is 6.04. The molecule has 0 radical (unpaired) electrons. The Morgan fingerprint density at radius 1 is 0.941 bits per heavy atom. The number of rotatable bonds is 4. The minimum absolute atomic E-state index is 0.314. The molecule has 4 aromatic rings. The van der Waals surface area contributed by atoms with Gasteiger partial charge in [-0.25, -0.2) is 18.4 Å². The summed E-state index contributed by atoms with van der Waals surface area (Å²) in [6, 6.07) is 11.3. The number of hydrogen-bond acceptors (Lipinski definition) is 3. The van der Waals surface area contributed by atoms with Crippen molar-refractivity contribution in [1.29, 1.82) is 0 Å². The van der Waals surface area contributed by atoms with E-state index in [0.29, 0.717) is 17.1 Å². The molecule has 1 amide bonds. The summed E-state index contributed by atoms with van der Waals surface area (Å²) in [4.78, 5) is 17.7. The molecule has 0 saturated heterocycles. The fourth-order valence-electron chi connectivity index (χ4n) is 5.01. The molecule has 0 unspecified atom stereocenters. The number of aryl methyl sites for hydroxylation is 1. The molecule has 0 atom stereocenters. The van der Waals surface area contributed by atoms with Crippen LogP contribution < -0.4 is 5.32 Å². The van der Waals surface area contributed by atoms with Crippen LogP contribution in [0, 0.1) is 11.6 Å². The molecule has 0 saturated carbocycles. The Balaban J connectivity index is 1.25. The number of carbonyl (C=O) groups excluding carboxylic acids is 1. The highest BCUT2D eigenvalue weighted by Gasteiger charge is 2.27. The van der Waals surface area contributed by atoms with E-state index in [1.165, 1.54) is 18.2 Å². The van der Waals surface area contributed by atoms with Crippen LogP contribution in [-0.4, -0.2) is 25.2 Å². The number of imidazole rings is 1. The molecule has 2 aliphatic rings. The van der Waals surface area contributed by atoms with Crippen molar-refractivity contribution in [2.45, 2.75) is 45.1 Å². The molecule has 1 aliphatic heterocycles. The van der Waals surface area contributed by atoms with Gasteiger partial charge in [-0.1, -0.05) is 0 Å². The van der Waals surface area contributed by atoms with Gasteiger partial charge in [-0.05, 0) is 74.9 Å². The minimum Gasteiger partial charge on any atom is -0.328 e. The number of nitrogens with one attached hydrogen (secondary N) is 1. The van der Waals surface area contributed by atoms with E-state index in [1.807, 2.05) is 30.5 Å². The van der Waals surface area contributed by atoms with Crippen molar-refractivity contribution < 1.29 is 13.6 Å². The predicted molar refractivity (Wildman–Crippen MR) is 124 cm³/mol. The van der Waals surface area contributed by atoms with E-state index in [2.05, 4.69) is 20.0 Å². The average Bonchev–Trinajstić information content (AvgIpc) is 3.57. The Kier molecular flexibility index (Phi) is 5.01. The first-order valence-corrected chi connectivity index (χ1v) is 11.6. The number of nitrogens with zero attached hydrogens (tertiary/aromatic N) is 4. The smallest absolute Gasteiger partial charge is 0.276 e. The topological polar surface area (TPSA) is 64.7 Å². The standard InChI is InChI=1S/C26H23F2N5O/c27-21-12-11-18(14-22(21)28)33-23-6-3-5-20(23)24(31-33)26(34)30-17-9-7-16(8-10-17)25-29-15-19-4-1-2-13-32(19)25/h7-12,14-15H,1-6,13H2,(H,30,34). The maximum Gasteiger partial charge on any atom is 0.276 e. The number of halogens is 2. The Bertz CT molecular complexity index is 1400. The van der Waals surface area contributed by atoms with E-state index in [9.17, 15) is 13.6 Å². The van der Waals surface area contributed by atoms with Crippen molar-refractivity contribution >= 4 is 11.6 Å². The van der Waals surface area contributed by atoms with Gasteiger partial charge in [0.2, 0.25) is 0 Å². The zero-order valence-electron chi connectivity index (χ0n) is 18.5. The van der Waals surface area contributed by atoms with E-state index in [0.717, 1.165) is 73.4 Å². The summed E-state index contributed by atoms with van der Waals surface area (Å²) in [7, 11) is 0. The summed E-state index contributed by atoms with van der Waals surface area (Å²) < 4.78 is 31.0. The quantitative estimate of drug-likeness (QED) is 0.462. The molecule has 1 N–H and O–H groups in total. The van der Waals surface area contributed by atoms with Crippen molar-refractivity contribution in [1.82, 2.24) is 19.3 Å². The van der Waals surface area contributed by atoms with E-state index >= 15 is 0 Å². The van der Waals surface area contributed by atoms with Crippen LogP contribution in [-0.2, 0) is 25.8 Å². The van der Waals surface area contributed by atoms with Crippen LogP contribution >= 0.6 is 0 Å². The van der Waals surface area contributed by atoms with E-state index in [4.69, 9.17) is 0 Å². The van der Waals surface area contributed by atoms with Crippen LogP contribution in [0.3, 0.4) is 0 Å². The normalized spacial score (nSPS) is 14.6. The molecule has 172 valence electrons. The largest absolute Gasteiger partial charge is 0.328 e. The minimum atomic E-state index is -0.940. The predicted octanol–water partition coefficient (Wildman–Crippen LogP) is 5.09. The fourth-order valence-corrected chi connectivity index (χ4v) is 5.01. The number of benzene rings is 2. The summed E-state index contributed by atoms with van der Waals surface area (Å²) >= 11 is 0. The second-order valence-corrected chi connectivity index (χ2v) is 8.85. The zero-order chi connectivity index (χ0) is 23.2. The third-order valence-electron chi connectivity index (χ3n) is 6.70. The summed E-state index contributed by atoms with van der Waals surface area (Å²) in [5.74, 6) is -1.21. The van der Waals surface area contributed by atoms with Gasteiger partial charge in [0.15, 0.2) is 17.3 Å². The first-order chi connectivity index (χ1) is 16.6. The van der Waals surface area contributed by atoms with Gasteiger partial charge in [0, 0.05) is 47.0 Å². The molecule has 1 aliphatic carbocycles. The van der Waals surface area contributed by atoms with Crippen molar-refractivity contribution in [2.75, 3.05) is 5.32 Å². The third kappa shape index (κ3) is 3.50. The van der Waals surface area contributed by atoms with E-state index in [-0.39, 0.29) is 5.91 Å². The molecule has 3 heterocycles. The Morgan fingerprint density at radius 3 is 2.62 bits per heavy atom. The highest BCUT2D eigenvalue weighted by atomic mass is 19.2. The van der Waals surface area contributed by atoms with Crippen LogP contribution in [0.15, 0.2) is 48.7 Å². The zero-order valence-corrected chi connectivity index (χ0v) is 18.5. The van der Waals surface area contributed by atoms with Gasteiger partial charge in [0.1, 0.15) is 5.82 Å². The molecular weight excluding hydrogens is 436 g/mol. The molecule has 6 nitrogen and oxygen atoms in total. The molecule has 0 bridgehead atoms. The Labute approximate surface area is 195 Å². The molecule has 0 spiro atoms. The number of carbonyl (C=O) groups is 1. The van der Waals surface area contributed by atoms with Crippen LogP contribution in [0.4, 0.5) is 14.5 Å². The summed E-state index contributed by atoms with van der Waals surface area (Å²) in [5.41, 5.74) is 5.40. The lowest BCUT2D eigenvalue weighted by Crippen LogP contribution is -2.15. The van der Waals surface area contributed by atoms with Gasteiger partial charge >= 0.3 is 0 Å². The van der Waals surface area contributed by atoms with Gasteiger partial charge in [-0.2, -0.15) is 5.10 Å². The molecule has 8 heteroatoms. The van der Waals surface area contributed by atoms with E-state index < -0.39 is 11.6 Å². The average molecular weight is 460 g/mol. The number of hydrogen-bond donors (Lipinski definition) is 1. The molecule has 34 heavy (non-hydrogen) atoms. The number of aromatic nitrogens is 4. The lowest BCUT2D eigenvalue weighted by atomic mass is 10.1. The third-order valence-corrected chi connectivity index (χ3v) is 6.70. The SMILES string of the molecule is O=C(Nc1ccc(-c2ncc3n2CCCC3)cc1)c1nn(-c2ccc(F)c(F)c2)c2c1CCC2. The van der Waals surface area contributed by atoms with Crippen molar-refractivity contribution in [2.24, 2.45) is 0 Å². The maximum atomic E-state index is 13.8.